The quantitative estimate of drug-likeness (QED) is 0.752. The molecule has 0 aromatic rings. The summed E-state index contributed by atoms with van der Waals surface area (Å²) in [6.45, 7) is 4.10. The number of carboxylic acids is 1. The first-order valence-corrected chi connectivity index (χ1v) is 4.60. The maximum Gasteiger partial charge on any atom is 0.383 e. The van der Waals surface area contributed by atoms with Gasteiger partial charge in [0.2, 0.25) is 0 Å². The molecule has 0 bridgehead atoms. The van der Waals surface area contributed by atoms with E-state index in [1.54, 1.807) is 0 Å². The van der Waals surface area contributed by atoms with Gasteiger partial charge in [-0.3, -0.25) is 4.79 Å². The van der Waals surface area contributed by atoms with Crippen LogP contribution in [0.3, 0.4) is 0 Å². The fraction of sp³-hybridized carbons (Fsp3) is 0.778. The molecule has 1 atom stereocenters. The number of carboxylic acid groups (broad SMARTS) is 1. The Morgan fingerprint density at radius 2 is 1.59 bits per heavy atom. The summed E-state index contributed by atoms with van der Waals surface area (Å²) >= 11 is 0. The Labute approximate surface area is 95.0 Å². The fourth-order valence-electron chi connectivity index (χ4n) is 0.975. The number of carbonyl (C=O) groups is 2. The molecule has 0 unspecified atom stereocenters. The lowest BCUT2D eigenvalue weighted by atomic mass is 9.86. The highest BCUT2D eigenvalue weighted by atomic mass is 19.3. The topological polar surface area (TPSA) is 66.4 Å². The van der Waals surface area contributed by atoms with Gasteiger partial charge in [0.05, 0.1) is 0 Å². The average Bonchev–Trinajstić information content (AvgIpc) is 2.10. The van der Waals surface area contributed by atoms with Gasteiger partial charge in [-0.05, 0) is 5.41 Å². The van der Waals surface area contributed by atoms with E-state index in [-0.39, 0.29) is 0 Å². The number of hydrogen-bond acceptors (Lipinski definition) is 2. The Hall–Kier alpha value is -1.34. The molecule has 0 saturated heterocycles. The standard InChI is InChI=1S/C9H13F4NO3/c1-8(2,3)4(5(15)16)14-7(17)9(12,13)6(10)11/h4,6H,1-3H3,(H,14,17)(H,15,16)/t4-/m0/s1. The lowest BCUT2D eigenvalue weighted by molar-refractivity contribution is -0.172. The van der Waals surface area contributed by atoms with E-state index in [1.807, 2.05) is 0 Å². The molecule has 4 nitrogen and oxygen atoms in total. The average molecular weight is 259 g/mol. The van der Waals surface area contributed by atoms with E-state index >= 15 is 0 Å². The molecule has 1 amide bonds. The maximum atomic E-state index is 12.6. The molecule has 100 valence electrons. The number of nitrogens with one attached hydrogen (secondary N) is 1. The van der Waals surface area contributed by atoms with Crippen molar-refractivity contribution in [1.82, 2.24) is 5.32 Å². The minimum atomic E-state index is -4.90. The van der Waals surface area contributed by atoms with Gasteiger partial charge in [-0.1, -0.05) is 20.8 Å². The van der Waals surface area contributed by atoms with Crippen molar-refractivity contribution in [3.05, 3.63) is 0 Å². The van der Waals surface area contributed by atoms with Crippen LogP contribution >= 0.6 is 0 Å². The highest BCUT2D eigenvalue weighted by Gasteiger charge is 2.50. The Balaban J connectivity index is 4.93. The van der Waals surface area contributed by atoms with Gasteiger partial charge >= 0.3 is 18.3 Å². The molecule has 0 aromatic carbocycles. The van der Waals surface area contributed by atoms with Crippen LogP contribution in [0.25, 0.3) is 0 Å². The highest BCUT2D eigenvalue weighted by molar-refractivity contribution is 5.88. The van der Waals surface area contributed by atoms with Crippen LogP contribution in [-0.2, 0) is 9.59 Å². The van der Waals surface area contributed by atoms with Crippen molar-refractivity contribution in [2.75, 3.05) is 0 Å². The van der Waals surface area contributed by atoms with Gasteiger partial charge < -0.3 is 10.4 Å². The summed E-state index contributed by atoms with van der Waals surface area (Å²) in [5.41, 5.74) is -1.08. The van der Waals surface area contributed by atoms with Crippen LogP contribution in [0.5, 0.6) is 0 Å². The first-order chi connectivity index (χ1) is 7.40. The van der Waals surface area contributed by atoms with Gasteiger partial charge in [0.25, 0.3) is 5.91 Å². The largest absolute Gasteiger partial charge is 0.480 e. The molecule has 17 heavy (non-hydrogen) atoms. The summed E-state index contributed by atoms with van der Waals surface area (Å²) in [5, 5.41) is 10.1. The van der Waals surface area contributed by atoms with Crippen LogP contribution in [0.1, 0.15) is 20.8 Å². The van der Waals surface area contributed by atoms with E-state index in [4.69, 9.17) is 5.11 Å². The minimum Gasteiger partial charge on any atom is -0.480 e. The first kappa shape index (κ1) is 15.7. The van der Waals surface area contributed by atoms with Gasteiger partial charge in [-0.2, -0.15) is 8.78 Å². The molecule has 0 saturated carbocycles. The second-order valence-electron chi connectivity index (χ2n) is 4.53. The third-order valence-electron chi connectivity index (χ3n) is 1.97. The Bertz CT molecular complexity index is 312. The monoisotopic (exact) mass is 259 g/mol. The summed E-state index contributed by atoms with van der Waals surface area (Å²) < 4.78 is 48.9. The van der Waals surface area contributed by atoms with Crippen LogP contribution in [-0.4, -0.2) is 35.4 Å². The van der Waals surface area contributed by atoms with Crippen LogP contribution in [0.2, 0.25) is 0 Å². The summed E-state index contributed by atoms with van der Waals surface area (Å²) in [5.74, 6) is -8.77. The molecule has 0 rings (SSSR count). The van der Waals surface area contributed by atoms with Crippen molar-refractivity contribution >= 4 is 11.9 Å². The van der Waals surface area contributed by atoms with E-state index in [0.29, 0.717) is 0 Å². The van der Waals surface area contributed by atoms with Crippen LogP contribution in [0.4, 0.5) is 17.6 Å². The molecule has 8 heteroatoms. The van der Waals surface area contributed by atoms with E-state index in [9.17, 15) is 27.2 Å². The summed E-state index contributed by atoms with van der Waals surface area (Å²) in [6, 6.07) is -1.68. The number of halogens is 4. The fourth-order valence-corrected chi connectivity index (χ4v) is 0.975. The molecule has 0 fully saturated rings. The van der Waals surface area contributed by atoms with E-state index in [1.165, 1.54) is 26.1 Å². The zero-order valence-electron chi connectivity index (χ0n) is 9.43. The second-order valence-corrected chi connectivity index (χ2v) is 4.53. The number of carbonyl (C=O) groups excluding carboxylic acids is 1. The van der Waals surface area contributed by atoms with Crippen molar-refractivity contribution in [1.29, 1.82) is 0 Å². The lowest BCUT2D eigenvalue weighted by Crippen LogP contribution is -2.55. The van der Waals surface area contributed by atoms with E-state index in [0.717, 1.165) is 0 Å². The summed E-state index contributed by atoms with van der Waals surface area (Å²) in [4.78, 5) is 21.6. The van der Waals surface area contributed by atoms with Crippen LogP contribution in [0, 0.1) is 5.41 Å². The third kappa shape index (κ3) is 3.86. The maximum absolute atomic E-state index is 12.6. The van der Waals surface area contributed by atoms with Gasteiger partial charge in [-0.15, -0.1) is 0 Å². The molecule has 0 aliphatic heterocycles. The highest BCUT2D eigenvalue weighted by Crippen LogP contribution is 2.25. The van der Waals surface area contributed by atoms with Gasteiger partial charge in [0.1, 0.15) is 6.04 Å². The van der Waals surface area contributed by atoms with Gasteiger partial charge in [0.15, 0.2) is 0 Å². The number of rotatable bonds is 4. The Morgan fingerprint density at radius 3 is 1.82 bits per heavy atom. The normalized spacial score (nSPS) is 14.6. The SMILES string of the molecule is CC(C)(C)[C@@H](NC(=O)C(F)(F)C(F)F)C(=O)O. The third-order valence-corrected chi connectivity index (χ3v) is 1.97. The van der Waals surface area contributed by atoms with Crippen molar-refractivity contribution in [3.63, 3.8) is 0 Å². The first-order valence-electron chi connectivity index (χ1n) is 4.60. The molecular formula is C9H13F4NO3. The van der Waals surface area contributed by atoms with E-state index in [2.05, 4.69) is 0 Å². The number of hydrogen-bond donors (Lipinski definition) is 2. The number of amides is 1. The molecule has 0 aromatic heterocycles. The van der Waals surface area contributed by atoms with Crippen molar-refractivity contribution in [2.24, 2.45) is 5.41 Å². The summed E-state index contributed by atoms with van der Waals surface area (Å²) in [7, 11) is 0. The van der Waals surface area contributed by atoms with E-state index < -0.39 is 35.7 Å². The molecule has 2 N–H and O–H groups in total. The zero-order chi connectivity index (χ0) is 14.0. The molecule has 0 radical (unpaired) electrons. The summed E-state index contributed by atoms with van der Waals surface area (Å²) in [6.07, 6.45) is -4.18. The smallest absolute Gasteiger partial charge is 0.383 e. The van der Waals surface area contributed by atoms with Crippen molar-refractivity contribution in [3.8, 4) is 0 Å². The molecule has 0 aliphatic rings. The predicted octanol–water partition coefficient (Wildman–Crippen LogP) is 1.50. The number of aliphatic carboxylic acids is 1. The Kier molecular flexibility index (Phi) is 4.50. The van der Waals surface area contributed by atoms with Crippen molar-refractivity contribution in [2.45, 2.75) is 39.2 Å². The Morgan fingerprint density at radius 1 is 1.18 bits per heavy atom. The molecule has 0 heterocycles. The molecule has 0 aliphatic carbocycles. The zero-order valence-corrected chi connectivity index (χ0v) is 9.43. The molecule has 0 spiro atoms. The number of alkyl halides is 4. The van der Waals surface area contributed by atoms with Crippen LogP contribution < -0.4 is 5.32 Å². The molecular weight excluding hydrogens is 246 g/mol. The predicted molar refractivity (Wildman–Crippen MR) is 50.0 cm³/mol. The second kappa shape index (κ2) is 4.89. The van der Waals surface area contributed by atoms with Crippen LogP contribution in [0.15, 0.2) is 0 Å². The lowest BCUT2D eigenvalue weighted by Gasteiger charge is -2.29. The van der Waals surface area contributed by atoms with Gasteiger partial charge in [-0.25, -0.2) is 13.6 Å². The minimum absolute atomic E-state index is 1.08. The van der Waals surface area contributed by atoms with Gasteiger partial charge in [0, 0.05) is 0 Å². The van der Waals surface area contributed by atoms with Crippen molar-refractivity contribution < 1.29 is 32.3 Å².